The van der Waals surface area contributed by atoms with Crippen molar-refractivity contribution in [2.24, 2.45) is 0 Å². The van der Waals surface area contributed by atoms with Gasteiger partial charge in [0.25, 0.3) is 0 Å². The van der Waals surface area contributed by atoms with Gasteiger partial charge < -0.3 is 10.6 Å². The van der Waals surface area contributed by atoms with Crippen LogP contribution in [0.1, 0.15) is 16.7 Å². The lowest BCUT2D eigenvalue weighted by Crippen LogP contribution is -2.27. The summed E-state index contributed by atoms with van der Waals surface area (Å²) >= 11 is 5.56. The van der Waals surface area contributed by atoms with E-state index in [4.69, 9.17) is 17.3 Å². The summed E-state index contributed by atoms with van der Waals surface area (Å²) in [6, 6.07) is 28.8. The number of rotatable bonds is 7. The van der Waals surface area contributed by atoms with E-state index in [1.54, 1.807) is 6.20 Å². The second-order valence-electron chi connectivity index (χ2n) is 8.37. The van der Waals surface area contributed by atoms with Crippen LogP contribution in [0.5, 0.6) is 0 Å². The molecule has 0 atom stereocenters. The van der Waals surface area contributed by atoms with Crippen LogP contribution in [0.2, 0.25) is 0 Å². The molecule has 3 aromatic carbocycles. The summed E-state index contributed by atoms with van der Waals surface area (Å²) in [7, 11) is 0. The number of anilines is 1. The first-order chi connectivity index (χ1) is 17.1. The predicted molar refractivity (Wildman–Crippen MR) is 145 cm³/mol. The molecule has 0 saturated heterocycles. The highest BCUT2D eigenvalue weighted by Crippen LogP contribution is 2.23. The third-order valence-corrected chi connectivity index (χ3v) is 5.90. The molecular formula is C28H26N6S. The van der Waals surface area contributed by atoms with Gasteiger partial charge in [-0.15, -0.1) is 0 Å². The number of nitrogens with one attached hydrogen (secondary N) is 2. The van der Waals surface area contributed by atoms with Gasteiger partial charge in [0.05, 0.1) is 29.8 Å². The second-order valence-corrected chi connectivity index (χ2v) is 8.78. The van der Waals surface area contributed by atoms with E-state index in [-0.39, 0.29) is 0 Å². The normalized spacial score (nSPS) is 10.8. The molecule has 2 aromatic heterocycles. The molecule has 0 fully saturated rings. The van der Waals surface area contributed by atoms with Gasteiger partial charge in [-0.3, -0.25) is 4.68 Å². The van der Waals surface area contributed by atoms with Crippen LogP contribution in [-0.2, 0) is 13.1 Å². The van der Waals surface area contributed by atoms with E-state index < -0.39 is 0 Å². The van der Waals surface area contributed by atoms with Crippen molar-refractivity contribution in [1.82, 2.24) is 24.9 Å². The van der Waals surface area contributed by atoms with E-state index in [0.29, 0.717) is 18.2 Å². The Labute approximate surface area is 210 Å². The van der Waals surface area contributed by atoms with Crippen LogP contribution in [0.15, 0.2) is 104 Å². The number of benzene rings is 3. The Kier molecular flexibility index (Phi) is 6.68. The summed E-state index contributed by atoms with van der Waals surface area (Å²) in [6.45, 7) is 3.34. The minimum atomic E-state index is 0.534. The van der Waals surface area contributed by atoms with Crippen molar-refractivity contribution in [3.63, 3.8) is 0 Å². The molecule has 5 aromatic rings. The number of aryl methyl sites for hydroxylation is 1. The zero-order valence-corrected chi connectivity index (χ0v) is 20.2. The molecule has 0 aliphatic rings. The molecule has 0 spiro atoms. The standard InChI is InChI=1S/C28H26N6S/c1-21-12-14-22(15-13-21)18-33-20-25(17-30-33)31-28(35)29-16-24-19-34(26-10-6-3-7-11-26)32-27(24)23-8-4-2-5-9-23/h2-15,17,19-20H,16,18H2,1H3,(H2,29,31,35). The maximum Gasteiger partial charge on any atom is 0.171 e. The molecule has 0 amide bonds. The van der Waals surface area contributed by atoms with Crippen LogP contribution in [0.3, 0.4) is 0 Å². The molecule has 0 aliphatic heterocycles. The van der Waals surface area contributed by atoms with Gasteiger partial charge in [-0.2, -0.15) is 10.2 Å². The average Bonchev–Trinajstić information content (AvgIpc) is 3.52. The number of hydrogen-bond acceptors (Lipinski definition) is 3. The maximum absolute atomic E-state index is 5.56. The van der Waals surface area contributed by atoms with Crippen molar-refractivity contribution in [3.8, 4) is 16.9 Å². The van der Waals surface area contributed by atoms with Crippen LogP contribution in [0.25, 0.3) is 16.9 Å². The molecule has 6 nitrogen and oxygen atoms in total. The maximum atomic E-state index is 5.56. The largest absolute Gasteiger partial charge is 0.358 e. The Balaban J connectivity index is 1.26. The molecule has 0 radical (unpaired) electrons. The second kappa shape index (κ2) is 10.4. The van der Waals surface area contributed by atoms with Crippen molar-refractivity contribution in [1.29, 1.82) is 0 Å². The fourth-order valence-electron chi connectivity index (χ4n) is 3.84. The first-order valence-corrected chi connectivity index (χ1v) is 11.9. The number of nitrogens with zero attached hydrogens (tertiary/aromatic N) is 4. The van der Waals surface area contributed by atoms with Gasteiger partial charge in [0.15, 0.2) is 5.11 Å². The van der Waals surface area contributed by atoms with Crippen LogP contribution >= 0.6 is 12.2 Å². The number of thiocarbonyl (C=S) groups is 1. The van der Waals surface area contributed by atoms with Gasteiger partial charge >= 0.3 is 0 Å². The first-order valence-electron chi connectivity index (χ1n) is 11.5. The van der Waals surface area contributed by atoms with E-state index in [9.17, 15) is 0 Å². The highest BCUT2D eigenvalue weighted by atomic mass is 32.1. The summed E-state index contributed by atoms with van der Waals surface area (Å²) in [6.07, 6.45) is 5.79. The molecular weight excluding hydrogens is 452 g/mol. The van der Waals surface area contributed by atoms with E-state index in [0.717, 1.165) is 28.2 Å². The highest BCUT2D eigenvalue weighted by Gasteiger charge is 2.13. The first kappa shape index (κ1) is 22.6. The lowest BCUT2D eigenvalue weighted by molar-refractivity contribution is 0.687. The topological polar surface area (TPSA) is 59.7 Å². The van der Waals surface area contributed by atoms with Gasteiger partial charge in [-0.05, 0) is 36.8 Å². The molecule has 7 heteroatoms. The van der Waals surface area contributed by atoms with Gasteiger partial charge in [0.2, 0.25) is 0 Å². The lowest BCUT2D eigenvalue weighted by atomic mass is 10.1. The molecule has 35 heavy (non-hydrogen) atoms. The van der Waals surface area contributed by atoms with Crippen LogP contribution < -0.4 is 10.6 Å². The Morgan fingerprint density at radius 1 is 0.886 bits per heavy atom. The molecule has 2 heterocycles. The average molecular weight is 479 g/mol. The van der Waals surface area contributed by atoms with Gasteiger partial charge in [-0.1, -0.05) is 78.4 Å². The van der Waals surface area contributed by atoms with Crippen molar-refractivity contribution >= 4 is 23.0 Å². The van der Waals surface area contributed by atoms with Crippen molar-refractivity contribution in [2.45, 2.75) is 20.0 Å². The van der Waals surface area contributed by atoms with Crippen molar-refractivity contribution in [3.05, 3.63) is 120 Å². The Hall–Kier alpha value is -4.23. The molecule has 0 saturated carbocycles. The number of aromatic nitrogens is 4. The Morgan fingerprint density at radius 2 is 1.60 bits per heavy atom. The van der Waals surface area contributed by atoms with E-state index >= 15 is 0 Å². The fraction of sp³-hybridized carbons (Fsp3) is 0.107. The minimum Gasteiger partial charge on any atom is -0.358 e. The van der Waals surface area contributed by atoms with Crippen LogP contribution in [0, 0.1) is 6.92 Å². The zero-order valence-electron chi connectivity index (χ0n) is 19.4. The Bertz CT molecular complexity index is 1410. The zero-order chi connectivity index (χ0) is 24.0. The third kappa shape index (κ3) is 5.65. The molecule has 0 aliphatic carbocycles. The molecule has 2 N–H and O–H groups in total. The Morgan fingerprint density at radius 3 is 2.34 bits per heavy atom. The molecule has 5 rings (SSSR count). The SMILES string of the molecule is Cc1ccc(Cn2cc(NC(=S)NCc3cn(-c4ccccc4)nc3-c3ccccc3)cn2)cc1. The quantitative estimate of drug-likeness (QED) is 0.299. The summed E-state index contributed by atoms with van der Waals surface area (Å²) in [5.41, 5.74) is 7.35. The lowest BCUT2D eigenvalue weighted by Gasteiger charge is -2.09. The highest BCUT2D eigenvalue weighted by molar-refractivity contribution is 7.80. The smallest absolute Gasteiger partial charge is 0.171 e. The van der Waals surface area contributed by atoms with Crippen LogP contribution in [-0.4, -0.2) is 24.7 Å². The molecule has 174 valence electrons. The fourth-order valence-corrected chi connectivity index (χ4v) is 4.03. The monoisotopic (exact) mass is 478 g/mol. The van der Waals surface area contributed by atoms with Gasteiger partial charge in [-0.25, -0.2) is 4.68 Å². The van der Waals surface area contributed by atoms with Gasteiger partial charge in [0.1, 0.15) is 0 Å². The summed E-state index contributed by atoms with van der Waals surface area (Å²) in [5, 5.41) is 16.4. The summed E-state index contributed by atoms with van der Waals surface area (Å²) in [5.74, 6) is 0. The molecule has 0 bridgehead atoms. The van der Waals surface area contributed by atoms with E-state index in [1.165, 1.54) is 11.1 Å². The van der Waals surface area contributed by atoms with E-state index in [2.05, 4.69) is 59.1 Å². The number of para-hydroxylation sites is 1. The van der Waals surface area contributed by atoms with Crippen LogP contribution in [0.4, 0.5) is 5.69 Å². The minimum absolute atomic E-state index is 0.534. The van der Waals surface area contributed by atoms with Crippen molar-refractivity contribution in [2.75, 3.05) is 5.32 Å². The van der Waals surface area contributed by atoms with Gasteiger partial charge in [0, 0.05) is 30.1 Å². The van der Waals surface area contributed by atoms with Crippen molar-refractivity contribution < 1.29 is 0 Å². The van der Waals surface area contributed by atoms with E-state index in [1.807, 2.05) is 70.3 Å². The molecule has 0 unspecified atom stereocenters. The number of hydrogen-bond donors (Lipinski definition) is 2. The summed E-state index contributed by atoms with van der Waals surface area (Å²) in [4.78, 5) is 0. The third-order valence-electron chi connectivity index (χ3n) is 5.65. The summed E-state index contributed by atoms with van der Waals surface area (Å²) < 4.78 is 3.80. The predicted octanol–water partition coefficient (Wildman–Crippen LogP) is 5.58.